The molecule has 0 aliphatic rings. The van der Waals surface area contributed by atoms with Gasteiger partial charge in [0.1, 0.15) is 11.5 Å². The standard InChI is InChI=1S/C16H13FN4/c17-14-4-3-11(7-18)12(6-14)9-21-10-13(8-19)15-2-1-5-20-16(15)21/h1-6,10H,8-9,19H2. The highest BCUT2D eigenvalue weighted by Crippen LogP contribution is 2.21. The van der Waals surface area contributed by atoms with E-state index in [1.807, 2.05) is 22.9 Å². The molecule has 2 heterocycles. The molecule has 0 fully saturated rings. The molecule has 3 aromatic rings. The normalized spacial score (nSPS) is 10.7. The third-order valence-corrected chi connectivity index (χ3v) is 3.46. The molecule has 1 aromatic carbocycles. The maximum atomic E-state index is 13.4. The number of rotatable bonds is 3. The Morgan fingerprint density at radius 3 is 2.90 bits per heavy atom. The van der Waals surface area contributed by atoms with Crippen LogP contribution in [0.2, 0.25) is 0 Å². The lowest BCUT2D eigenvalue weighted by Crippen LogP contribution is -2.02. The van der Waals surface area contributed by atoms with Crippen molar-refractivity contribution in [3.63, 3.8) is 0 Å². The molecule has 0 atom stereocenters. The van der Waals surface area contributed by atoms with E-state index in [-0.39, 0.29) is 5.82 Å². The summed E-state index contributed by atoms with van der Waals surface area (Å²) in [5, 5.41) is 10.1. The SMILES string of the molecule is N#Cc1ccc(F)cc1Cn1cc(CN)c2cccnc21. The van der Waals surface area contributed by atoms with Gasteiger partial charge in [-0.25, -0.2) is 9.37 Å². The lowest BCUT2D eigenvalue weighted by atomic mass is 10.1. The average molecular weight is 280 g/mol. The molecule has 2 aromatic heterocycles. The molecule has 3 rings (SSSR count). The molecule has 2 N–H and O–H groups in total. The first-order valence-corrected chi connectivity index (χ1v) is 6.54. The average Bonchev–Trinajstić information content (AvgIpc) is 2.86. The van der Waals surface area contributed by atoms with E-state index >= 15 is 0 Å². The Labute approximate surface area is 121 Å². The zero-order valence-electron chi connectivity index (χ0n) is 11.3. The van der Waals surface area contributed by atoms with Gasteiger partial charge in [-0.05, 0) is 41.5 Å². The molecule has 4 nitrogen and oxygen atoms in total. The summed E-state index contributed by atoms with van der Waals surface area (Å²) in [5.41, 5.74) is 8.60. The highest BCUT2D eigenvalue weighted by Gasteiger charge is 2.11. The molecule has 0 spiro atoms. The second kappa shape index (κ2) is 5.35. The fourth-order valence-corrected chi connectivity index (χ4v) is 2.46. The number of aromatic nitrogens is 2. The van der Waals surface area contributed by atoms with Crippen molar-refractivity contribution in [3.8, 4) is 6.07 Å². The molecule has 21 heavy (non-hydrogen) atoms. The minimum Gasteiger partial charge on any atom is -0.328 e. The maximum absolute atomic E-state index is 13.4. The molecule has 0 radical (unpaired) electrons. The first kappa shape index (κ1) is 13.3. The van der Waals surface area contributed by atoms with Gasteiger partial charge in [-0.2, -0.15) is 5.26 Å². The molecule has 0 aliphatic heterocycles. The Bertz CT molecular complexity index is 845. The summed E-state index contributed by atoms with van der Waals surface area (Å²) in [6.07, 6.45) is 3.61. The number of hydrogen-bond acceptors (Lipinski definition) is 3. The zero-order valence-corrected chi connectivity index (χ0v) is 11.3. The monoisotopic (exact) mass is 280 g/mol. The van der Waals surface area contributed by atoms with E-state index in [9.17, 15) is 4.39 Å². The molecule has 0 bridgehead atoms. The van der Waals surface area contributed by atoms with Crippen LogP contribution in [0.3, 0.4) is 0 Å². The smallest absolute Gasteiger partial charge is 0.140 e. The van der Waals surface area contributed by atoms with Gasteiger partial charge >= 0.3 is 0 Å². The summed E-state index contributed by atoms with van der Waals surface area (Å²) in [6.45, 7) is 0.789. The number of hydrogen-bond donors (Lipinski definition) is 1. The fraction of sp³-hybridized carbons (Fsp3) is 0.125. The quantitative estimate of drug-likeness (QED) is 0.801. The van der Waals surface area contributed by atoms with Crippen molar-refractivity contribution in [2.24, 2.45) is 5.73 Å². The number of nitriles is 1. The maximum Gasteiger partial charge on any atom is 0.140 e. The van der Waals surface area contributed by atoms with Crippen LogP contribution in [0.25, 0.3) is 11.0 Å². The Hall–Kier alpha value is -2.71. The van der Waals surface area contributed by atoms with E-state index < -0.39 is 0 Å². The van der Waals surface area contributed by atoms with Gasteiger partial charge in [0, 0.05) is 24.3 Å². The molecule has 104 valence electrons. The highest BCUT2D eigenvalue weighted by atomic mass is 19.1. The lowest BCUT2D eigenvalue weighted by Gasteiger charge is -2.07. The van der Waals surface area contributed by atoms with Gasteiger partial charge in [0.15, 0.2) is 0 Å². The van der Waals surface area contributed by atoms with Gasteiger partial charge in [0.25, 0.3) is 0 Å². The minimum absolute atomic E-state index is 0.354. The predicted octanol–water partition coefficient (Wildman–Crippen LogP) is 2.55. The third kappa shape index (κ3) is 2.37. The summed E-state index contributed by atoms with van der Waals surface area (Å²) >= 11 is 0. The van der Waals surface area contributed by atoms with Crippen LogP contribution in [0.5, 0.6) is 0 Å². The van der Waals surface area contributed by atoms with E-state index in [1.165, 1.54) is 18.2 Å². The van der Waals surface area contributed by atoms with Crippen LogP contribution in [0, 0.1) is 17.1 Å². The molecule has 0 aliphatic carbocycles. The van der Waals surface area contributed by atoms with Crippen molar-refractivity contribution in [1.29, 1.82) is 5.26 Å². The van der Waals surface area contributed by atoms with Gasteiger partial charge in [0.2, 0.25) is 0 Å². The molecular formula is C16H13FN4. The van der Waals surface area contributed by atoms with Crippen LogP contribution in [0.15, 0.2) is 42.7 Å². The Morgan fingerprint density at radius 2 is 2.14 bits per heavy atom. The highest BCUT2D eigenvalue weighted by molar-refractivity contribution is 5.80. The van der Waals surface area contributed by atoms with Crippen molar-refractivity contribution >= 4 is 11.0 Å². The summed E-state index contributed by atoms with van der Waals surface area (Å²) in [4.78, 5) is 4.35. The number of benzene rings is 1. The van der Waals surface area contributed by atoms with Crippen molar-refractivity contribution in [2.75, 3.05) is 0 Å². The second-order valence-electron chi connectivity index (χ2n) is 4.77. The zero-order chi connectivity index (χ0) is 14.8. The molecule has 0 amide bonds. The van der Waals surface area contributed by atoms with Gasteiger partial charge < -0.3 is 10.3 Å². The predicted molar refractivity (Wildman–Crippen MR) is 77.8 cm³/mol. The minimum atomic E-state index is -0.354. The Balaban J connectivity index is 2.11. The van der Waals surface area contributed by atoms with E-state index in [0.29, 0.717) is 24.2 Å². The van der Waals surface area contributed by atoms with Crippen LogP contribution >= 0.6 is 0 Å². The largest absolute Gasteiger partial charge is 0.328 e. The van der Waals surface area contributed by atoms with E-state index in [2.05, 4.69) is 11.1 Å². The topological polar surface area (TPSA) is 67.6 Å². The van der Waals surface area contributed by atoms with Crippen molar-refractivity contribution < 1.29 is 4.39 Å². The number of nitrogens with two attached hydrogens (primary N) is 1. The summed E-state index contributed by atoms with van der Waals surface area (Å²) in [7, 11) is 0. The van der Waals surface area contributed by atoms with Crippen LogP contribution < -0.4 is 5.73 Å². The first-order valence-electron chi connectivity index (χ1n) is 6.54. The first-order chi connectivity index (χ1) is 10.2. The lowest BCUT2D eigenvalue weighted by molar-refractivity contribution is 0.623. The molecular weight excluding hydrogens is 267 g/mol. The van der Waals surface area contributed by atoms with Crippen LogP contribution in [-0.2, 0) is 13.1 Å². The number of nitrogens with zero attached hydrogens (tertiary/aromatic N) is 3. The molecule has 5 heteroatoms. The molecule has 0 saturated carbocycles. The van der Waals surface area contributed by atoms with Gasteiger partial charge in [0.05, 0.1) is 18.2 Å². The number of halogens is 1. The molecule has 0 saturated heterocycles. The van der Waals surface area contributed by atoms with Gasteiger partial charge in [-0.1, -0.05) is 0 Å². The Morgan fingerprint density at radius 1 is 1.29 bits per heavy atom. The van der Waals surface area contributed by atoms with Gasteiger partial charge in [-0.3, -0.25) is 0 Å². The second-order valence-corrected chi connectivity index (χ2v) is 4.77. The van der Waals surface area contributed by atoms with Crippen LogP contribution in [-0.4, -0.2) is 9.55 Å². The summed E-state index contributed by atoms with van der Waals surface area (Å²) in [6, 6.07) is 10.1. The number of pyridine rings is 1. The van der Waals surface area contributed by atoms with Crippen molar-refractivity contribution in [1.82, 2.24) is 9.55 Å². The summed E-state index contributed by atoms with van der Waals surface area (Å²) in [5.74, 6) is -0.354. The summed E-state index contributed by atoms with van der Waals surface area (Å²) < 4.78 is 15.3. The number of fused-ring (bicyclic) bond motifs is 1. The van der Waals surface area contributed by atoms with E-state index in [4.69, 9.17) is 11.0 Å². The van der Waals surface area contributed by atoms with Gasteiger partial charge in [-0.15, -0.1) is 0 Å². The van der Waals surface area contributed by atoms with Crippen LogP contribution in [0.4, 0.5) is 4.39 Å². The Kier molecular flexibility index (Phi) is 3.38. The van der Waals surface area contributed by atoms with Crippen molar-refractivity contribution in [3.05, 3.63) is 65.2 Å². The molecule has 0 unspecified atom stereocenters. The van der Waals surface area contributed by atoms with E-state index in [0.717, 1.165) is 16.6 Å². The third-order valence-electron chi connectivity index (χ3n) is 3.46. The van der Waals surface area contributed by atoms with Crippen LogP contribution in [0.1, 0.15) is 16.7 Å². The fourth-order valence-electron chi connectivity index (χ4n) is 2.46. The van der Waals surface area contributed by atoms with Crippen molar-refractivity contribution in [2.45, 2.75) is 13.1 Å². The van der Waals surface area contributed by atoms with E-state index in [1.54, 1.807) is 6.20 Å².